The Kier molecular flexibility index (Phi) is 10.4. The average Bonchev–Trinajstić information content (AvgIpc) is 3.85. The number of aromatic amines is 2. The second-order valence-corrected chi connectivity index (χ2v) is 19.3. The first-order chi connectivity index (χ1) is 30.3. The summed E-state index contributed by atoms with van der Waals surface area (Å²) in [5.41, 5.74) is 37.7. The molecule has 0 fully saturated rings. The van der Waals surface area contributed by atoms with E-state index in [2.05, 4.69) is 194 Å². The number of H-pyrrole nitrogens is 2. The predicted octanol–water partition coefficient (Wildman–Crippen LogP) is 15.9. The molecule has 0 atom stereocenters. The molecule has 2 N–H and O–H groups in total. The van der Waals surface area contributed by atoms with E-state index in [4.69, 9.17) is 9.97 Å². The molecule has 8 bridgehead atoms. The third-order valence-corrected chi connectivity index (χ3v) is 14.0. The number of fused-ring (bicyclic) bond motifs is 8. The Morgan fingerprint density at radius 3 is 0.797 bits per heavy atom. The van der Waals surface area contributed by atoms with Crippen molar-refractivity contribution in [3.63, 3.8) is 0 Å². The first-order valence-corrected chi connectivity index (χ1v) is 22.8. The molecule has 0 saturated heterocycles. The second kappa shape index (κ2) is 15.6. The Morgan fingerprint density at radius 2 is 0.516 bits per heavy atom. The lowest BCUT2D eigenvalue weighted by molar-refractivity contribution is 1.26. The Hall–Kier alpha value is -6.52. The number of allylic oxidation sites excluding steroid dienone is 2. The molecule has 7 aromatic rings. The van der Waals surface area contributed by atoms with Gasteiger partial charge in [0.1, 0.15) is 0 Å². The van der Waals surface area contributed by atoms with E-state index in [1.807, 2.05) is 0 Å². The van der Waals surface area contributed by atoms with Gasteiger partial charge < -0.3 is 9.97 Å². The minimum Gasteiger partial charge on any atom is -0.355 e. The van der Waals surface area contributed by atoms with Crippen molar-refractivity contribution in [1.82, 2.24) is 19.9 Å². The highest BCUT2D eigenvalue weighted by Crippen LogP contribution is 2.45. The van der Waals surface area contributed by atoms with Crippen molar-refractivity contribution in [2.24, 2.45) is 0 Å². The van der Waals surface area contributed by atoms with Crippen LogP contribution in [0.15, 0.2) is 72.8 Å². The smallest absolute Gasteiger partial charge is 0.0739 e. The highest BCUT2D eigenvalue weighted by atomic mass is 14.8. The maximum atomic E-state index is 5.62. The maximum Gasteiger partial charge on any atom is 0.0739 e. The molecule has 322 valence electrons. The minimum absolute atomic E-state index is 0.960. The van der Waals surface area contributed by atoms with E-state index in [1.165, 1.54) is 134 Å². The van der Waals surface area contributed by atoms with Gasteiger partial charge in [-0.2, -0.15) is 0 Å². The average molecular weight is 839 g/mol. The van der Waals surface area contributed by atoms with Crippen molar-refractivity contribution in [3.8, 4) is 22.3 Å². The molecule has 0 saturated carbocycles. The summed E-state index contributed by atoms with van der Waals surface area (Å²) in [5, 5.41) is 0. The fraction of sp³-hybridized carbons (Fsp3) is 0.267. The summed E-state index contributed by atoms with van der Waals surface area (Å²) in [6.45, 7) is 35.8. The fourth-order valence-electron chi connectivity index (χ4n) is 11.6. The summed E-state index contributed by atoms with van der Waals surface area (Å²) in [4.78, 5) is 19.2. The summed E-state index contributed by atoms with van der Waals surface area (Å²) in [6.07, 6.45) is 0. The quantitative estimate of drug-likeness (QED) is 0.185. The van der Waals surface area contributed by atoms with Gasteiger partial charge in [-0.15, -0.1) is 0 Å². The van der Waals surface area contributed by atoms with Crippen LogP contribution in [0.3, 0.4) is 0 Å². The third kappa shape index (κ3) is 6.99. The number of benzene rings is 4. The number of hydrogen-bond acceptors (Lipinski definition) is 2. The standard InChI is InChI=1S/C60H62N4/c1-29-17-33(5)53(34(6)18-29)57-41(13)45-26-50-59(55-37(9)21-31(3)22-38(55)10)43(15)47(63-50)28-52-60(56-39(11)23-32(4)24-40(56)12)44(16)48(64-52)27-51-58(42(14)46(62-51)25-49(57)61-45)54-35(7)19-30(2)20-36(54)8/h17-28,61,64H,1-16H3. The molecule has 0 radical (unpaired) electrons. The third-order valence-electron chi connectivity index (χ3n) is 14.0. The number of nitrogens with one attached hydrogen (secondary N) is 2. The fourth-order valence-corrected chi connectivity index (χ4v) is 11.6. The van der Waals surface area contributed by atoms with E-state index in [0.29, 0.717) is 0 Å². The van der Waals surface area contributed by atoms with Crippen LogP contribution in [0.2, 0.25) is 0 Å². The van der Waals surface area contributed by atoms with Gasteiger partial charge in [0.25, 0.3) is 0 Å². The SMILES string of the molecule is CC1=C(c2c(C)cc(C)cc2C)c2cc3[nH]c(cc4nc(cc5[nH]c(cc1n2)c(-c1c(C)cc(C)cc1C)c5C)C(c1c(C)cc(C)cc1C)=C4C)c(-c1c(C)cc(C)cc1C)c3C. The molecular weight excluding hydrogens is 777 g/mol. The van der Waals surface area contributed by atoms with Gasteiger partial charge in [-0.1, -0.05) is 70.8 Å². The van der Waals surface area contributed by atoms with E-state index in [9.17, 15) is 0 Å². The molecule has 0 aliphatic carbocycles. The van der Waals surface area contributed by atoms with E-state index in [-0.39, 0.29) is 0 Å². The van der Waals surface area contributed by atoms with Gasteiger partial charge in [-0.3, -0.25) is 0 Å². The number of rotatable bonds is 4. The molecule has 2 aliphatic heterocycles. The van der Waals surface area contributed by atoms with Crippen LogP contribution in [0.1, 0.15) is 126 Å². The molecule has 9 rings (SSSR count). The van der Waals surface area contributed by atoms with Crippen LogP contribution < -0.4 is 0 Å². The molecule has 5 heterocycles. The molecule has 0 amide bonds. The molecule has 3 aromatic heterocycles. The summed E-state index contributed by atoms with van der Waals surface area (Å²) in [6, 6.07) is 27.7. The van der Waals surface area contributed by atoms with Crippen molar-refractivity contribution in [2.75, 3.05) is 0 Å². The van der Waals surface area contributed by atoms with Crippen molar-refractivity contribution in [3.05, 3.63) is 185 Å². The highest BCUT2D eigenvalue weighted by molar-refractivity contribution is 6.05. The van der Waals surface area contributed by atoms with Gasteiger partial charge in [-0.05, 0) is 224 Å². The van der Waals surface area contributed by atoms with Crippen molar-refractivity contribution < 1.29 is 0 Å². The predicted molar refractivity (Wildman–Crippen MR) is 274 cm³/mol. The molecule has 0 unspecified atom stereocenters. The zero-order valence-electron chi connectivity index (χ0n) is 40.8. The summed E-state index contributed by atoms with van der Waals surface area (Å²) < 4.78 is 0. The largest absolute Gasteiger partial charge is 0.355 e. The second-order valence-electron chi connectivity index (χ2n) is 19.3. The number of hydrogen-bond donors (Lipinski definition) is 2. The van der Waals surface area contributed by atoms with Gasteiger partial charge in [-0.25, -0.2) is 9.97 Å². The van der Waals surface area contributed by atoms with Crippen LogP contribution in [0.5, 0.6) is 0 Å². The van der Waals surface area contributed by atoms with Gasteiger partial charge >= 0.3 is 0 Å². The van der Waals surface area contributed by atoms with Crippen LogP contribution in [0.25, 0.3) is 66.6 Å². The molecule has 0 spiro atoms. The van der Waals surface area contributed by atoms with Gasteiger partial charge in [0.05, 0.1) is 22.8 Å². The zero-order valence-corrected chi connectivity index (χ0v) is 40.8. The Balaban J connectivity index is 1.51. The van der Waals surface area contributed by atoms with Gasteiger partial charge in [0.15, 0.2) is 0 Å². The summed E-state index contributed by atoms with van der Waals surface area (Å²) in [5.74, 6) is 0. The topological polar surface area (TPSA) is 57.4 Å². The van der Waals surface area contributed by atoms with Crippen molar-refractivity contribution in [1.29, 1.82) is 0 Å². The Morgan fingerprint density at radius 1 is 0.266 bits per heavy atom. The van der Waals surface area contributed by atoms with Crippen molar-refractivity contribution >= 4 is 44.4 Å². The van der Waals surface area contributed by atoms with Gasteiger partial charge in [0, 0.05) is 44.3 Å². The van der Waals surface area contributed by atoms with Crippen LogP contribution in [-0.2, 0) is 0 Å². The molecule has 64 heavy (non-hydrogen) atoms. The number of nitrogens with zero attached hydrogens (tertiary/aromatic N) is 2. The normalized spacial score (nSPS) is 12.9. The van der Waals surface area contributed by atoms with Crippen LogP contribution in [0, 0.1) is 96.9 Å². The van der Waals surface area contributed by atoms with E-state index >= 15 is 0 Å². The number of aryl methyl sites for hydroxylation is 14. The van der Waals surface area contributed by atoms with Gasteiger partial charge in [0.2, 0.25) is 0 Å². The summed E-state index contributed by atoms with van der Waals surface area (Å²) in [7, 11) is 0. The summed E-state index contributed by atoms with van der Waals surface area (Å²) >= 11 is 0. The first kappa shape index (κ1) is 42.8. The lowest BCUT2D eigenvalue weighted by Gasteiger charge is -2.14. The molecule has 2 aliphatic rings. The Bertz CT molecular complexity index is 3110. The molecule has 4 heteroatoms. The first-order valence-electron chi connectivity index (χ1n) is 22.8. The zero-order chi connectivity index (χ0) is 45.8. The van der Waals surface area contributed by atoms with Crippen LogP contribution in [-0.4, -0.2) is 19.9 Å². The Labute approximate surface area is 380 Å². The number of aromatic nitrogens is 4. The minimum atomic E-state index is 0.960. The van der Waals surface area contributed by atoms with Crippen LogP contribution in [0.4, 0.5) is 0 Å². The van der Waals surface area contributed by atoms with Crippen molar-refractivity contribution in [2.45, 2.75) is 111 Å². The highest BCUT2D eigenvalue weighted by Gasteiger charge is 2.27. The monoisotopic (exact) mass is 838 g/mol. The molecule has 4 aromatic carbocycles. The lowest BCUT2D eigenvalue weighted by atomic mass is 9.89. The van der Waals surface area contributed by atoms with E-state index in [1.54, 1.807) is 0 Å². The van der Waals surface area contributed by atoms with Crippen LogP contribution >= 0.6 is 0 Å². The molecule has 4 nitrogen and oxygen atoms in total. The lowest BCUT2D eigenvalue weighted by Crippen LogP contribution is -1.96. The maximum absolute atomic E-state index is 5.62. The van der Waals surface area contributed by atoms with E-state index < -0.39 is 0 Å². The molecular formula is C60H62N4. The van der Waals surface area contributed by atoms with E-state index in [0.717, 1.165) is 44.8 Å².